The minimum atomic E-state index is -4.32. The molecule has 6 atom stereocenters. The molecule has 2 aromatic carbocycles. The fourth-order valence-corrected chi connectivity index (χ4v) is 16.3. The highest BCUT2D eigenvalue weighted by atomic mass is 32.2. The number of carbonyl (C=O) groups is 9. The van der Waals surface area contributed by atoms with Crippen LogP contribution < -0.4 is 72.9 Å². The van der Waals surface area contributed by atoms with Gasteiger partial charge in [0.05, 0.1) is 35.5 Å². The second-order valence-corrected chi connectivity index (χ2v) is 35.4. The molecule has 2 aliphatic rings. The summed E-state index contributed by atoms with van der Waals surface area (Å²) < 4.78 is 84.0. The second-order valence-electron chi connectivity index (χ2n) is 32.1. The maximum Gasteiger partial charge on any atom is 0.407 e. The van der Waals surface area contributed by atoms with Gasteiger partial charge in [-0.1, -0.05) is 73.1 Å². The van der Waals surface area contributed by atoms with Gasteiger partial charge in [-0.2, -0.15) is 0 Å². The Kier molecular flexibility index (Phi) is 36.9. The molecule has 0 aliphatic carbocycles. The lowest BCUT2D eigenvalue weighted by Gasteiger charge is -2.35. The van der Waals surface area contributed by atoms with Gasteiger partial charge in [-0.15, -0.1) is 0 Å². The largest absolute Gasteiger partial charge is 0.487 e. The molecule has 14 N–H and O–H groups in total. The molecule has 33 heteroatoms. The Balaban J connectivity index is 1.67. The number of sulfonamides is 2. The fraction of sp³-hybridized carbons (Fsp3) is 0.705. The van der Waals surface area contributed by atoms with Crippen molar-refractivity contribution in [2.45, 2.75) is 316 Å². The number of ether oxygens (including phenoxy) is 4. The minimum Gasteiger partial charge on any atom is -0.487 e. The van der Waals surface area contributed by atoms with Crippen LogP contribution in [0, 0.1) is 53.4 Å². The summed E-state index contributed by atoms with van der Waals surface area (Å²) in [5.41, 5.74) is 15.8. The van der Waals surface area contributed by atoms with Crippen molar-refractivity contribution in [2.75, 3.05) is 39.8 Å². The normalized spacial score (nSPS) is 15.8. The summed E-state index contributed by atoms with van der Waals surface area (Å²) in [6, 6.07) is -7.63. The maximum absolute atomic E-state index is 15.0. The van der Waals surface area contributed by atoms with Crippen LogP contribution in [-0.4, -0.2) is 175 Å². The molecular formula is C78H130N14O17S2. The molecule has 7 amide bonds. The summed E-state index contributed by atoms with van der Waals surface area (Å²) in [4.78, 5) is 133. The van der Waals surface area contributed by atoms with E-state index in [1.54, 1.807) is 83.1 Å². The Bertz CT molecular complexity index is 3910. The highest BCUT2D eigenvalue weighted by Crippen LogP contribution is 2.44. The number of hydrogen-bond acceptors (Lipinski definition) is 20. The van der Waals surface area contributed by atoms with E-state index in [1.807, 2.05) is 34.6 Å². The number of fused-ring (bicyclic) bond motifs is 2. The third-order valence-electron chi connectivity index (χ3n) is 19.9. The zero-order valence-electron chi connectivity index (χ0n) is 69.4. The van der Waals surface area contributed by atoms with Gasteiger partial charge in [0, 0.05) is 26.1 Å². The molecule has 626 valence electrons. The van der Waals surface area contributed by atoms with Crippen LogP contribution in [0.5, 0.6) is 11.5 Å². The molecule has 0 aromatic heterocycles. The number of nitrogens with zero attached hydrogens (tertiary/aromatic N) is 2. The molecule has 0 spiro atoms. The van der Waals surface area contributed by atoms with Crippen LogP contribution in [-0.2, 0) is 80.7 Å². The van der Waals surface area contributed by atoms with Gasteiger partial charge < -0.3 is 67.6 Å². The van der Waals surface area contributed by atoms with Crippen molar-refractivity contribution in [1.82, 2.24) is 52.0 Å². The van der Waals surface area contributed by atoms with Crippen LogP contribution >= 0.6 is 0 Å². The van der Waals surface area contributed by atoms with Crippen LogP contribution in [0.15, 0.2) is 19.8 Å². The van der Waals surface area contributed by atoms with Crippen molar-refractivity contribution >= 4 is 85.3 Å². The van der Waals surface area contributed by atoms with Gasteiger partial charge in [-0.05, 0) is 230 Å². The van der Waals surface area contributed by atoms with Gasteiger partial charge in [0.1, 0.15) is 59.0 Å². The number of nitrogens with two attached hydrogens (primary N) is 2. The molecule has 31 nitrogen and oxygen atoms in total. The zero-order valence-corrected chi connectivity index (χ0v) is 71.0. The number of benzene rings is 2. The number of guanidine groups is 2. The number of aliphatic imine (C=N–C) groups is 2. The first kappa shape index (κ1) is 95.0. The third-order valence-corrected chi connectivity index (χ3v) is 23.2. The molecule has 4 rings (SSSR count). The molecule has 0 saturated carbocycles. The number of nitrogens with one attached hydrogen (secondary N) is 10. The summed E-state index contributed by atoms with van der Waals surface area (Å²) in [5, 5.41) is 21.8. The fourth-order valence-electron chi connectivity index (χ4n) is 13.2. The monoisotopic (exact) mass is 1600 g/mol. The highest BCUT2D eigenvalue weighted by Gasteiger charge is 2.38. The van der Waals surface area contributed by atoms with E-state index in [1.165, 1.54) is 6.92 Å². The van der Waals surface area contributed by atoms with E-state index in [-0.39, 0.29) is 80.8 Å². The Morgan fingerprint density at radius 2 is 0.964 bits per heavy atom. The van der Waals surface area contributed by atoms with Crippen molar-refractivity contribution in [3.63, 3.8) is 0 Å². The Morgan fingerprint density at radius 1 is 0.523 bits per heavy atom. The Morgan fingerprint density at radius 3 is 1.45 bits per heavy atom. The van der Waals surface area contributed by atoms with E-state index in [0.717, 1.165) is 56.8 Å². The number of amides is 7. The summed E-state index contributed by atoms with van der Waals surface area (Å²) in [5.74, 6) is -6.21. The van der Waals surface area contributed by atoms with Crippen molar-refractivity contribution in [1.29, 1.82) is 0 Å². The number of rotatable bonds is 43. The van der Waals surface area contributed by atoms with Gasteiger partial charge in [0.2, 0.25) is 47.4 Å². The molecule has 2 heterocycles. The van der Waals surface area contributed by atoms with Crippen molar-refractivity contribution in [3.05, 3.63) is 44.5 Å². The van der Waals surface area contributed by atoms with Gasteiger partial charge in [0.25, 0.3) is 20.0 Å². The zero-order chi connectivity index (χ0) is 83.7. The Hall–Kier alpha value is -8.33. The van der Waals surface area contributed by atoms with Gasteiger partial charge in [0.15, 0.2) is 5.78 Å². The quantitative estimate of drug-likeness (QED) is 0.0144. The smallest absolute Gasteiger partial charge is 0.407 e. The first-order chi connectivity index (χ1) is 51.7. The number of carbonyl (C=O) groups excluding carboxylic acids is 9. The summed E-state index contributed by atoms with van der Waals surface area (Å²) in [6.07, 6.45) is 8.79. The number of Topliss-reactive ketones (excluding diaryl/α,β-unsaturated/α-hetero) is 1. The number of alkyl carbamates (subject to hydrolysis) is 1. The summed E-state index contributed by atoms with van der Waals surface area (Å²) in [6.45, 7) is 32.6. The number of unbranched alkanes of at least 4 members (excludes halogenated alkanes) is 7. The number of hydrogen-bond donors (Lipinski definition) is 12. The molecule has 1 unspecified atom stereocenters. The minimum absolute atomic E-state index is 0.00330. The SMILES string of the molecule is CCCCCCCCCC(=O)N[C@@H](CCCN=C(N)NS(=O)(=O)c1c(C)c(C)c2c(c1C)CCC(C)(C)O2)C(=O)N[C@H](C(=O)N[C@@H](CCCCNC(=O)OC(C)(C)C)C(=O)NC(CCCN=C(N)NS(=O)(=O)c1c(C)c(C)c2c(c1C)CCC(C)(C)O2)C(=O)CN[C@@H](C)C(=O)N[C@H](C(=O)NCC(=O)OC)C(C)C)C(C)C. The van der Waals surface area contributed by atoms with Gasteiger partial charge >= 0.3 is 12.1 Å². The molecule has 2 aliphatic heterocycles. The van der Waals surface area contributed by atoms with Crippen LogP contribution in [0.3, 0.4) is 0 Å². The molecular weight excluding hydrogens is 1470 g/mol. The average molecular weight is 1600 g/mol. The predicted molar refractivity (Wildman–Crippen MR) is 427 cm³/mol. The Labute approximate surface area is 658 Å². The number of esters is 1. The standard InChI is InChI=1S/C78H130N14O17S2/c1-21-22-23-24-25-26-27-35-60(94)86-57(34-31-42-82-74(80)92-111(104,105)67-50(9)48(7)65-55(52(67)11)37-39-78(18,19)108-65)70(98)90-63(46(4)5)72(100)88-58(32-28-29-40-83-75(101)109-76(13,14)15)69(97)87-56(59(93)43-84-53(12)68(96)89-62(45(2)3)71(99)85-44-61(95)106-20)33-30-41-81-73(79)91-110(102,103)66-49(8)47(6)64-54(51(66)10)36-38-77(16,17)107-64/h45-46,53,56-58,62-63,84H,21-44H2,1-20H3,(H,83,101)(H,85,99)(H,86,94)(H,87,97)(H,88,100)(H,89,96)(H,90,98)(H3,79,81,91)(H3,80,82,92)/t53-,56?,57-,58-,62-,63-/m0/s1. The van der Waals surface area contributed by atoms with E-state index in [9.17, 15) is 60.0 Å². The van der Waals surface area contributed by atoms with Crippen molar-refractivity contribution in [2.24, 2.45) is 33.3 Å². The molecule has 111 heavy (non-hydrogen) atoms. The molecule has 0 saturated heterocycles. The molecule has 0 bridgehead atoms. The molecule has 0 fully saturated rings. The van der Waals surface area contributed by atoms with E-state index in [4.69, 9.17) is 25.7 Å². The first-order valence-electron chi connectivity index (χ1n) is 39.0. The first-order valence-corrected chi connectivity index (χ1v) is 42.0. The van der Waals surface area contributed by atoms with E-state index >= 15 is 0 Å². The highest BCUT2D eigenvalue weighted by molar-refractivity contribution is 7.90. The lowest BCUT2D eigenvalue weighted by Crippen LogP contribution is -2.59. The van der Waals surface area contributed by atoms with Gasteiger partial charge in [-0.3, -0.25) is 53.7 Å². The molecule has 0 radical (unpaired) electrons. The van der Waals surface area contributed by atoms with E-state index in [2.05, 4.69) is 73.6 Å². The van der Waals surface area contributed by atoms with Crippen LogP contribution in [0.25, 0.3) is 0 Å². The van der Waals surface area contributed by atoms with Crippen LogP contribution in [0.4, 0.5) is 4.79 Å². The predicted octanol–water partition coefficient (Wildman–Crippen LogP) is 6.60. The summed E-state index contributed by atoms with van der Waals surface area (Å²) in [7, 11) is -7.43. The maximum atomic E-state index is 15.0. The number of methoxy groups -OCH3 is 1. The topological polar surface area (TPSA) is 456 Å². The molecule has 2 aromatic rings. The van der Waals surface area contributed by atoms with E-state index < -0.39 is 163 Å². The third kappa shape index (κ3) is 29.9. The van der Waals surface area contributed by atoms with Gasteiger partial charge in [-0.25, -0.2) is 31.1 Å². The number of ketones is 1. The van der Waals surface area contributed by atoms with Crippen molar-refractivity contribution < 1.29 is 78.9 Å². The van der Waals surface area contributed by atoms with Crippen LogP contribution in [0.2, 0.25) is 0 Å². The summed E-state index contributed by atoms with van der Waals surface area (Å²) >= 11 is 0. The van der Waals surface area contributed by atoms with E-state index in [0.29, 0.717) is 77.0 Å². The van der Waals surface area contributed by atoms with Crippen molar-refractivity contribution in [3.8, 4) is 11.5 Å². The van der Waals surface area contributed by atoms with Crippen LogP contribution in [0.1, 0.15) is 244 Å². The lowest BCUT2D eigenvalue weighted by molar-refractivity contribution is -0.141. The average Bonchev–Trinajstić information content (AvgIpc) is 0.751. The lowest BCUT2D eigenvalue weighted by atomic mass is 9.88. The second kappa shape index (κ2) is 43.1.